The van der Waals surface area contributed by atoms with Crippen LogP contribution in [0.5, 0.6) is 0 Å². The Morgan fingerprint density at radius 1 is 1.13 bits per heavy atom. The number of benzene rings is 2. The molecule has 9 nitrogen and oxygen atoms in total. The van der Waals surface area contributed by atoms with Crippen molar-refractivity contribution in [3.63, 3.8) is 0 Å². The molecule has 0 atom stereocenters. The van der Waals surface area contributed by atoms with Crippen LogP contribution in [0.2, 0.25) is 0 Å². The number of hydrogen-bond donors (Lipinski definition) is 2. The molecule has 2 N–H and O–H groups in total. The lowest BCUT2D eigenvalue weighted by Crippen LogP contribution is -2.38. The van der Waals surface area contributed by atoms with Gasteiger partial charge in [-0.15, -0.1) is 0 Å². The minimum atomic E-state index is -0.612. The summed E-state index contributed by atoms with van der Waals surface area (Å²) >= 11 is 0. The summed E-state index contributed by atoms with van der Waals surface area (Å²) in [4.78, 5) is 36.8. The first-order chi connectivity index (χ1) is 14.5. The molecule has 0 aliphatic heterocycles. The molecule has 0 aliphatic carbocycles. The van der Waals surface area contributed by atoms with E-state index in [4.69, 9.17) is 4.74 Å². The number of aryl methyl sites for hydroxylation is 1. The number of likely N-dealkylation sites (N-methyl/N-ethyl adjacent to an activating group) is 1. The summed E-state index contributed by atoms with van der Waals surface area (Å²) in [5, 5.41) is 17.1. The molecule has 2 aromatic rings. The van der Waals surface area contributed by atoms with E-state index in [2.05, 4.69) is 10.6 Å². The third-order valence-corrected chi connectivity index (χ3v) is 4.23. The van der Waals surface area contributed by atoms with Gasteiger partial charge < -0.3 is 20.3 Å². The van der Waals surface area contributed by atoms with E-state index >= 15 is 0 Å². The maximum Gasteiger partial charge on any atom is 0.407 e. The molecule has 2 rings (SSSR count). The highest BCUT2D eigenvalue weighted by Gasteiger charge is 2.20. The standard InChI is InChI=1S/C22H28N4O5/c1-15-6-9-17(10-7-15)24-18-11-8-16(14-19(18)26(29)30)20(27)25(5)13-12-23-21(28)31-22(2,3)4/h6-11,14,24H,12-13H2,1-5H3,(H,23,28). The maximum absolute atomic E-state index is 12.7. The summed E-state index contributed by atoms with van der Waals surface area (Å²) in [6, 6.07) is 11.7. The van der Waals surface area contributed by atoms with Gasteiger partial charge in [0.05, 0.1) is 4.92 Å². The minimum absolute atomic E-state index is 0.181. The van der Waals surface area contributed by atoms with Gasteiger partial charge in [0.15, 0.2) is 0 Å². The number of nitrogens with zero attached hydrogens (tertiary/aromatic N) is 2. The Morgan fingerprint density at radius 3 is 2.35 bits per heavy atom. The first-order valence-corrected chi connectivity index (χ1v) is 9.81. The Kier molecular flexibility index (Phi) is 7.57. The van der Waals surface area contributed by atoms with E-state index in [1.807, 2.05) is 31.2 Å². The number of nitro benzene ring substituents is 1. The number of carbonyl (C=O) groups is 2. The van der Waals surface area contributed by atoms with E-state index in [1.165, 1.54) is 23.1 Å². The molecule has 2 amide bonds. The van der Waals surface area contributed by atoms with Crippen LogP contribution in [0.3, 0.4) is 0 Å². The largest absolute Gasteiger partial charge is 0.444 e. The zero-order chi connectivity index (χ0) is 23.2. The summed E-state index contributed by atoms with van der Waals surface area (Å²) < 4.78 is 5.14. The fourth-order valence-corrected chi connectivity index (χ4v) is 2.68. The zero-order valence-corrected chi connectivity index (χ0v) is 18.4. The first kappa shape index (κ1) is 23.7. The molecule has 31 heavy (non-hydrogen) atoms. The van der Waals surface area contributed by atoms with Gasteiger partial charge in [-0.2, -0.15) is 0 Å². The van der Waals surface area contributed by atoms with Gasteiger partial charge in [-0.25, -0.2) is 4.79 Å². The number of rotatable bonds is 7. The summed E-state index contributed by atoms with van der Waals surface area (Å²) in [5.74, 6) is -0.393. The van der Waals surface area contributed by atoms with Crippen LogP contribution in [-0.4, -0.2) is 47.6 Å². The van der Waals surface area contributed by atoms with Crippen molar-refractivity contribution in [2.45, 2.75) is 33.3 Å². The lowest BCUT2D eigenvalue weighted by atomic mass is 10.1. The molecule has 9 heteroatoms. The Hall–Kier alpha value is -3.62. The fraction of sp³-hybridized carbons (Fsp3) is 0.364. The average molecular weight is 428 g/mol. The number of alkyl carbamates (subject to hydrolysis) is 1. The topological polar surface area (TPSA) is 114 Å². The SMILES string of the molecule is Cc1ccc(Nc2ccc(C(=O)N(C)CCNC(=O)OC(C)(C)C)cc2[N+](=O)[O-])cc1. The van der Waals surface area contributed by atoms with Crippen molar-refractivity contribution in [3.8, 4) is 0 Å². The van der Waals surface area contributed by atoms with E-state index in [0.29, 0.717) is 11.4 Å². The predicted molar refractivity (Wildman–Crippen MR) is 119 cm³/mol. The number of anilines is 2. The fourth-order valence-electron chi connectivity index (χ4n) is 2.68. The number of ether oxygens (including phenoxy) is 1. The summed E-state index contributed by atoms with van der Waals surface area (Å²) in [5.41, 5.74) is 1.44. The van der Waals surface area contributed by atoms with Gasteiger partial charge in [0.25, 0.3) is 11.6 Å². The van der Waals surface area contributed by atoms with Crippen molar-refractivity contribution in [2.75, 3.05) is 25.5 Å². The van der Waals surface area contributed by atoms with Gasteiger partial charge in [0.1, 0.15) is 11.3 Å². The van der Waals surface area contributed by atoms with Crippen molar-refractivity contribution < 1.29 is 19.2 Å². The first-order valence-electron chi connectivity index (χ1n) is 9.81. The smallest absolute Gasteiger partial charge is 0.407 e. The van der Waals surface area contributed by atoms with E-state index in [0.717, 1.165) is 5.56 Å². The third-order valence-electron chi connectivity index (χ3n) is 4.23. The molecule has 0 saturated heterocycles. The van der Waals surface area contributed by atoms with Gasteiger partial charge in [0, 0.05) is 37.5 Å². The Morgan fingerprint density at radius 2 is 1.77 bits per heavy atom. The molecule has 0 aromatic heterocycles. The quantitative estimate of drug-likeness (QED) is 0.504. The number of amides is 2. The number of hydrogen-bond acceptors (Lipinski definition) is 6. The van der Waals surface area contributed by atoms with E-state index in [-0.39, 0.29) is 24.3 Å². The molecule has 2 aromatic carbocycles. The molecule has 0 fully saturated rings. The van der Waals surface area contributed by atoms with Crippen molar-refractivity contribution in [1.29, 1.82) is 0 Å². The van der Waals surface area contributed by atoms with Crippen molar-refractivity contribution in [1.82, 2.24) is 10.2 Å². The minimum Gasteiger partial charge on any atom is -0.444 e. The summed E-state index contributed by atoms with van der Waals surface area (Å²) in [6.07, 6.45) is -0.574. The predicted octanol–water partition coefficient (Wildman–Crippen LogP) is 4.24. The lowest BCUT2D eigenvalue weighted by Gasteiger charge is -2.21. The molecule has 0 aliphatic rings. The van der Waals surface area contributed by atoms with Crippen LogP contribution in [0, 0.1) is 17.0 Å². The Labute approximate surface area is 181 Å². The Bertz CT molecular complexity index is 951. The van der Waals surface area contributed by atoms with Gasteiger partial charge in [-0.1, -0.05) is 17.7 Å². The normalized spacial score (nSPS) is 10.9. The monoisotopic (exact) mass is 428 g/mol. The van der Waals surface area contributed by atoms with Crippen LogP contribution < -0.4 is 10.6 Å². The molecule has 0 saturated carbocycles. The molecule has 0 heterocycles. The maximum atomic E-state index is 12.7. The molecular formula is C22H28N4O5. The highest BCUT2D eigenvalue weighted by molar-refractivity contribution is 5.95. The lowest BCUT2D eigenvalue weighted by molar-refractivity contribution is -0.383. The van der Waals surface area contributed by atoms with E-state index < -0.39 is 22.5 Å². The highest BCUT2D eigenvalue weighted by Crippen LogP contribution is 2.29. The number of nitro groups is 1. The second-order valence-electron chi connectivity index (χ2n) is 8.14. The van der Waals surface area contributed by atoms with Crippen molar-refractivity contribution >= 4 is 29.1 Å². The van der Waals surface area contributed by atoms with E-state index in [9.17, 15) is 19.7 Å². The molecule has 0 radical (unpaired) electrons. The number of nitrogens with one attached hydrogen (secondary N) is 2. The molecular weight excluding hydrogens is 400 g/mol. The van der Waals surface area contributed by atoms with Gasteiger partial charge >= 0.3 is 6.09 Å². The van der Waals surface area contributed by atoms with Crippen LogP contribution in [-0.2, 0) is 4.74 Å². The summed E-state index contributed by atoms with van der Waals surface area (Å²) in [6.45, 7) is 7.62. The highest BCUT2D eigenvalue weighted by atomic mass is 16.6. The van der Waals surface area contributed by atoms with Crippen molar-refractivity contribution in [3.05, 3.63) is 63.7 Å². The average Bonchev–Trinajstić information content (AvgIpc) is 2.67. The van der Waals surface area contributed by atoms with Crippen LogP contribution >= 0.6 is 0 Å². The third kappa shape index (κ3) is 7.29. The number of carbonyl (C=O) groups excluding carboxylic acids is 2. The molecule has 0 spiro atoms. The van der Waals surface area contributed by atoms with E-state index in [1.54, 1.807) is 27.8 Å². The Balaban J connectivity index is 2.05. The van der Waals surface area contributed by atoms with Gasteiger partial charge in [-0.05, 0) is 52.0 Å². The molecule has 0 unspecified atom stereocenters. The molecule has 0 bridgehead atoms. The van der Waals surface area contributed by atoms with Crippen molar-refractivity contribution in [2.24, 2.45) is 0 Å². The van der Waals surface area contributed by atoms with Crippen LogP contribution in [0.15, 0.2) is 42.5 Å². The van der Waals surface area contributed by atoms with Crippen LogP contribution in [0.1, 0.15) is 36.7 Å². The second kappa shape index (κ2) is 9.92. The second-order valence-corrected chi connectivity index (χ2v) is 8.14. The molecule has 166 valence electrons. The zero-order valence-electron chi connectivity index (χ0n) is 18.4. The van der Waals surface area contributed by atoms with Gasteiger partial charge in [0.2, 0.25) is 0 Å². The van der Waals surface area contributed by atoms with Crippen LogP contribution in [0.25, 0.3) is 0 Å². The van der Waals surface area contributed by atoms with Gasteiger partial charge in [-0.3, -0.25) is 14.9 Å². The summed E-state index contributed by atoms with van der Waals surface area (Å²) in [7, 11) is 1.56. The van der Waals surface area contributed by atoms with Crippen LogP contribution in [0.4, 0.5) is 21.9 Å².